The summed E-state index contributed by atoms with van der Waals surface area (Å²) in [7, 11) is 1.72. The van der Waals surface area contributed by atoms with E-state index in [1.165, 1.54) is 0 Å². The molecule has 1 N–H and O–H groups in total. The third kappa shape index (κ3) is 5.76. The Hall–Kier alpha value is -2.97. The van der Waals surface area contributed by atoms with Crippen LogP contribution in [0.1, 0.15) is 72.8 Å². The molecule has 1 aromatic carbocycles. The number of hydrogen-bond acceptors (Lipinski definition) is 5. The molecule has 4 rings (SSSR count). The van der Waals surface area contributed by atoms with Crippen molar-refractivity contribution in [3.8, 4) is 0 Å². The predicted octanol–water partition coefficient (Wildman–Crippen LogP) is 4.62. The first-order valence-electron chi connectivity index (χ1n) is 16.1. The van der Waals surface area contributed by atoms with Crippen LogP contribution in [0.3, 0.4) is 0 Å². The molecule has 0 saturated carbocycles. The first-order chi connectivity index (χ1) is 20.6. The van der Waals surface area contributed by atoms with E-state index < -0.39 is 40.7 Å². The minimum Gasteiger partial charge on any atom is -0.394 e. The van der Waals surface area contributed by atoms with Crippen molar-refractivity contribution in [1.82, 2.24) is 14.7 Å². The number of likely N-dealkylation sites (tertiary alicyclic amines) is 1. The number of ether oxygens (including phenoxy) is 1. The second-order valence-electron chi connectivity index (χ2n) is 14.9. The van der Waals surface area contributed by atoms with Crippen LogP contribution in [0.5, 0.6) is 0 Å². The zero-order valence-corrected chi connectivity index (χ0v) is 27.8. The maximum atomic E-state index is 15.1. The van der Waals surface area contributed by atoms with Gasteiger partial charge in [-0.1, -0.05) is 70.2 Å². The van der Waals surface area contributed by atoms with Gasteiger partial charge in [0.1, 0.15) is 11.6 Å². The molecule has 2 bridgehead atoms. The van der Waals surface area contributed by atoms with Crippen molar-refractivity contribution in [2.75, 3.05) is 26.7 Å². The fourth-order valence-electron chi connectivity index (χ4n) is 8.67. The summed E-state index contributed by atoms with van der Waals surface area (Å²) >= 11 is 0. The van der Waals surface area contributed by atoms with Gasteiger partial charge in [-0.15, -0.1) is 13.2 Å². The van der Waals surface area contributed by atoms with Crippen LogP contribution in [0.25, 0.3) is 0 Å². The van der Waals surface area contributed by atoms with Gasteiger partial charge in [0.15, 0.2) is 0 Å². The van der Waals surface area contributed by atoms with Crippen LogP contribution in [-0.2, 0) is 25.5 Å². The molecule has 242 valence electrons. The summed E-state index contributed by atoms with van der Waals surface area (Å²) in [5, 5.41) is 10.8. The number of amides is 3. The van der Waals surface area contributed by atoms with Crippen LogP contribution in [0, 0.1) is 17.3 Å². The largest absolute Gasteiger partial charge is 0.394 e. The summed E-state index contributed by atoms with van der Waals surface area (Å²) in [5.74, 6) is -2.23. The normalized spacial score (nSPS) is 28.5. The van der Waals surface area contributed by atoms with Gasteiger partial charge in [-0.3, -0.25) is 14.4 Å². The average Bonchev–Trinajstić information content (AvgIpc) is 3.57. The zero-order valence-electron chi connectivity index (χ0n) is 27.8. The second-order valence-corrected chi connectivity index (χ2v) is 14.9. The standard InChI is InChI=1S/C36H53N3O5/c1-10-20-37(9)30(41)27-28-31(42)39(26(23-40)22-25-16-14-13-15-17-25)29(36(28)19-18-35(27,12-3)44-36)32(43)38(21-11-2)34(7,8)24-33(4,5)6/h10-11,13-17,26-29,40H,1-2,12,18-24H2,3-9H3/t26-,27+,28+,29?,35-,36?/m1/s1. The lowest BCUT2D eigenvalue weighted by Crippen LogP contribution is -2.62. The van der Waals surface area contributed by atoms with Gasteiger partial charge in [-0.05, 0) is 56.9 Å². The lowest BCUT2D eigenvalue weighted by atomic mass is 9.64. The molecule has 3 heterocycles. The topological polar surface area (TPSA) is 90.4 Å². The first kappa shape index (κ1) is 33.9. The van der Waals surface area contributed by atoms with Crippen molar-refractivity contribution in [2.45, 2.75) is 102 Å². The van der Waals surface area contributed by atoms with E-state index in [-0.39, 0.29) is 29.7 Å². The van der Waals surface area contributed by atoms with Crippen molar-refractivity contribution >= 4 is 17.7 Å². The number of nitrogens with zero attached hydrogens (tertiary/aromatic N) is 3. The number of rotatable bonds is 13. The Labute approximate surface area is 264 Å². The first-order valence-corrected chi connectivity index (χ1v) is 16.1. The number of carbonyl (C=O) groups excluding carboxylic acids is 3. The van der Waals surface area contributed by atoms with Gasteiger partial charge in [0.2, 0.25) is 17.7 Å². The second kappa shape index (κ2) is 12.4. The summed E-state index contributed by atoms with van der Waals surface area (Å²) < 4.78 is 7.01. The summed E-state index contributed by atoms with van der Waals surface area (Å²) in [6.45, 7) is 20.6. The van der Waals surface area contributed by atoms with E-state index in [0.29, 0.717) is 38.8 Å². The number of benzene rings is 1. The Bertz CT molecular complexity index is 1260. The Morgan fingerprint density at radius 1 is 1.09 bits per heavy atom. The quantitative estimate of drug-likeness (QED) is 0.331. The highest BCUT2D eigenvalue weighted by atomic mass is 16.5. The summed E-state index contributed by atoms with van der Waals surface area (Å²) in [4.78, 5) is 49.1. The maximum Gasteiger partial charge on any atom is 0.249 e. The van der Waals surface area contributed by atoms with E-state index in [9.17, 15) is 14.7 Å². The summed E-state index contributed by atoms with van der Waals surface area (Å²) in [6.07, 6.45) is 6.11. The number of hydrogen-bond donors (Lipinski definition) is 1. The molecule has 1 spiro atoms. The molecular formula is C36H53N3O5. The molecule has 0 aromatic heterocycles. The van der Waals surface area contributed by atoms with E-state index in [0.717, 1.165) is 12.0 Å². The Morgan fingerprint density at radius 2 is 1.73 bits per heavy atom. The SMILES string of the molecule is C=CCN(C)C(=O)[C@@H]1[C@H]2C(=O)N([C@@H](CO)Cc3ccccc3)C(C(=O)N(CC=C)C(C)(C)CC(C)(C)C)C23CC[C@@]1(CC)O3. The summed E-state index contributed by atoms with van der Waals surface area (Å²) in [6, 6.07) is 8.03. The van der Waals surface area contributed by atoms with Gasteiger partial charge in [0.25, 0.3) is 0 Å². The van der Waals surface area contributed by atoms with Gasteiger partial charge < -0.3 is 24.5 Å². The third-order valence-corrected chi connectivity index (χ3v) is 10.1. The van der Waals surface area contributed by atoms with Crippen LogP contribution >= 0.6 is 0 Å². The molecule has 3 amide bonds. The van der Waals surface area contributed by atoms with Crippen LogP contribution < -0.4 is 0 Å². The highest BCUT2D eigenvalue weighted by molar-refractivity contribution is 5.99. The zero-order chi connectivity index (χ0) is 32.7. The molecule has 3 fully saturated rings. The minimum absolute atomic E-state index is 0.0714. The molecule has 0 aliphatic carbocycles. The molecule has 8 nitrogen and oxygen atoms in total. The van der Waals surface area contributed by atoms with Crippen LogP contribution in [-0.4, -0.2) is 93.1 Å². The van der Waals surface area contributed by atoms with Gasteiger partial charge in [0.05, 0.1) is 30.1 Å². The van der Waals surface area contributed by atoms with Crippen LogP contribution in [0.15, 0.2) is 55.6 Å². The minimum atomic E-state index is -1.18. The molecule has 3 aliphatic rings. The smallest absolute Gasteiger partial charge is 0.249 e. The molecule has 0 radical (unpaired) electrons. The van der Waals surface area contributed by atoms with Gasteiger partial charge in [-0.25, -0.2) is 0 Å². The maximum absolute atomic E-state index is 15.1. The fourth-order valence-corrected chi connectivity index (χ4v) is 8.67. The van der Waals surface area contributed by atoms with E-state index in [4.69, 9.17) is 4.74 Å². The van der Waals surface area contributed by atoms with E-state index in [1.54, 1.807) is 29.0 Å². The van der Waals surface area contributed by atoms with Gasteiger partial charge >= 0.3 is 0 Å². The molecule has 44 heavy (non-hydrogen) atoms. The van der Waals surface area contributed by atoms with Crippen molar-refractivity contribution < 1.29 is 24.2 Å². The number of fused-ring (bicyclic) bond motifs is 1. The highest BCUT2D eigenvalue weighted by Crippen LogP contribution is 2.65. The molecule has 3 saturated heterocycles. The third-order valence-electron chi connectivity index (χ3n) is 10.1. The van der Waals surface area contributed by atoms with E-state index in [1.807, 2.05) is 42.2 Å². The molecule has 2 unspecified atom stereocenters. The Morgan fingerprint density at radius 3 is 2.27 bits per heavy atom. The lowest BCUT2D eigenvalue weighted by molar-refractivity contribution is -0.161. The molecule has 6 atom stereocenters. The number of aliphatic hydroxyl groups is 1. The van der Waals surface area contributed by atoms with Crippen LogP contribution in [0.4, 0.5) is 0 Å². The Balaban J connectivity index is 1.89. The van der Waals surface area contributed by atoms with Crippen molar-refractivity contribution in [3.05, 3.63) is 61.2 Å². The lowest BCUT2D eigenvalue weighted by Gasteiger charge is -2.46. The highest BCUT2D eigenvalue weighted by Gasteiger charge is 2.79. The fraction of sp³-hybridized carbons (Fsp3) is 0.639. The summed E-state index contributed by atoms with van der Waals surface area (Å²) in [5.41, 5.74) is -1.71. The molecular weight excluding hydrogens is 554 g/mol. The van der Waals surface area contributed by atoms with Crippen molar-refractivity contribution in [2.24, 2.45) is 17.3 Å². The molecule has 8 heteroatoms. The molecule has 3 aliphatic heterocycles. The average molecular weight is 608 g/mol. The van der Waals surface area contributed by atoms with Gasteiger partial charge in [-0.2, -0.15) is 0 Å². The van der Waals surface area contributed by atoms with Crippen molar-refractivity contribution in [3.63, 3.8) is 0 Å². The predicted molar refractivity (Wildman–Crippen MR) is 173 cm³/mol. The van der Waals surface area contributed by atoms with Gasteiger partial charge in [0, 0.05) is 25.7 Å². The number of carbonyl (C=O) groups is 3. The molecule has 1 aromatic rings. The Kier molecular flexibility index (Phi) is 9.58. The van der Waals surface area contributed by atoms with Crippen LogP contribution in [0.2, 0.25) is 0 Å². The van der Waals surface area contributed by atoms with Crippen molar-refractivity contribution in [1.29, 1.82) is 0 Å². The van der Waals surface area contributed by atoms with E-state index in [2.05, 4.69) is 47.8 Å². The number of likely N-dealkylation sites (N-methyl/N-ethyl adjacent to an activating group) is 1. The monoisotopic (exact) mass is 607 g/mol. The number of aliphatic hydroxyl groups excluding tert-OH is 1. The van der Waals surface area contributed by atoms with E-state index >= 15 is 4.79 Å².